The second-order valence-electron chi connectivity index (χ2n) is 12.3. The molecule has 2 atom stereocenters. The highest BCUT2D eigenvalue weighted by molar-refractivity contribution is 7.09. The van der Waals surface area contributed by atoms with Crippen LogP contribution in [0.1, 0.15) is 83.7 Å². The van der Waals surface area contributed by atoms with Gasteiger partial charge in [-0.1, -0.05) is 30.3 Å². The zero-order valence-corrected chi connectivity index (χ0v) is 27.5. The van der Waals surface area contributed by atoms with Crippen LogP contribution < -0.4 is 21.5 Å². The van der Waals surface area contributed by atoms with Gasteiger partial charge in [-0.05, 0) is 65.2 Å². The molecule has 0 spiro atoms. The minimum absolute atomic E-state index is 0.0991. The number of ether oxygens (including phenoxy) is 1. The molecule has 1 aromatic carbocycles. The first kappa shape index (κ1) is 34.3. The Morgan fingerprint density at radius 1 is 1.07 bits per heavy atom. The van der Waals surface area contributed by atoms with Gasteiger partial charge >= 0.3 is 6.09 Å². The maximum atomic E-state index is 13.8. The molecular weight excluding hydrogens is 610 g/mol. The molecule has 1 aliphatic rings. The van der Waals surface area contributed by atoms with Gasteiger partial charge in [0.2, 0.25) is 0 Å². The van der Waals surface area contributed by atoms with Crippen LogP contribution in [0.5, 0.6) is 0 Å². The summed E-state index contributed by atoms with van der Waals surface area (Å²) in [6.45, 7) is 9.04. The van der Waals surface area contributed by atoms with Gasteiger partial charge in [-0.2, -0.15) is 0 Å². The average Bonchev–Trinajstić information content (AvgIpc) is 3.66. The number of likely N-dealkylation sites (tertiary alicyclic amines) is 1. The molecule has 3 heterocycles. The second kappa shape index (κ2) is 14.7. The first-order valence-corrected chi connectivity index (χ1v) is 15.9. The smallest absolute Gasteiger partial charge is 0.408 e. The molecule has 246 valence electrons. The van der Waals surface area contributed by atoms with Crippen molar-refractivity contribution >= 4 is 41.0 Å². The van der Waals surface area contributed by atoms with Crippen LogP contribution in [0.2, 0.25) is 0 Å². The van der Waals surface area contributed by atoms with Gasteiger partial charge in [-0.15, -0.1) is 11.3 Å². The third-order valence-corrected chi connectivity index (χ3v) is 8.19. The molecule has 0 saturated carbocycles. The maximum Gasteiger partial charge on any atom is 0.408 e. The summed E-state index contributed by atoms with van der Waals surface area (Å²) < 4.78 is 5.38. The van der Waals surface area contributed by atoms with Crippen LogP contribution in [0.4, 0.5) is 10.6 Å². The maximum absolute atomic E-state index is 13.8. The lowest BCUT2D eigenvalue weighted by atomic mass is 9.92. The average molecular weight is 652 g/mol. The van der Waals surface area contributed by atoms with Crippen LogP contribution in [0, 0.1) is 6.92 Å². The fraction of sp³-hybridized carbons (Fsp3) is 0.438. The van der Waals surface area contributed by atoms with E-state index in [1.165, 1.54) is 30.4 Å². The van der Waals surface area contributed by atoms with Crippen molar-refractivity contribution in [3.63, 3.8) is 0 Å². The number of carbonyl (C=O) groups excluding carboxylic acids is 4. The predicted molar refractivity (Wildman–Crippen MR) is 173 cm³/mol. The molecule has 0 aliphatic carbocycles. The summed E-state index contributed by atoms with van der Waals surface area (Å²) in [5.41, 5.74) is 4.17. The van der Waals surface area contributed by atoms with Gasteiger partial charge in [0.25, 0.3) is 17.7 Å². The largest absolute Gasteiger partial charge is 0.444 e. The van der Waals surface area contributed by atoms with Crippen molar-refractivity contribution in [2.45, 2.75) is 71.1 Å². The molecule has 1 unspecified atom stereocenters. The molecule has 1 aliphatic heterocycles. The number of alkyl carbamates (subject to hydrolysis) is 1. The second-order valence-corrected chi connectivity index (χ2v) is 13.2. The highest BCUT2D eigenvalue weighted by atomic mass is 32.1. The molecule has 46 heavy (non-hydrogen) atoms. The number of hydrogen-bond donors (Lipinski definition) is 5. The fourth-order valence-corrected chi connectivity index (χ4v) is 5.98. The van der Waals surface area contributed by atoms with E-state index in [9.17, 15) is 24.3 Å². The monoisotopic (exact) mass is 651 g/mol. The van der Waals surface area contributed by atoms with Crippen LogP contribution in [0.25, 0.3) is 0 Å². The number of nitrogens with zero attached hydrogens (tertiary/aromatic N) is 3. The molecular formula is C32H41N7O6S. The lowest BCUT2D eigenvalue weighted by Gasteiger charge is -2.31. The third kappa shape index (κ3) is 9.01. The number of aryl methyl sites for hydroxylation is 1. The van der Waals surface area contributed by atoms with E-state index in [-0.39, 0.29) is 48.6 Å². The Morgan fingerprint density at radius 2 is 1.80 bits per heavy atom. The number of benzene rings is 1. The molecule has 3 aromatic rings. The van der Waals surface area contributed by atoms with E-state index in [4.69, 9.17) is 4.74 Å². The Hall–Kier alpha value is -4.56. The molecule has 1 fully saturated rings. The van der Waals surface area contributed by atoms with Crippen LogP contribution in [-0.2, 0) is 16.0 Å². The van der Waals surface area contributed by atoms with Crippen molar-refractivity contribution < 1.29 is 29.0 Å². The number of carbonyl (C=O) groups is 4. The highest BCUT2D eigenvalue weighted by Crippen LogP contribution is 2.35. The van der Waals surface area contributed by atoms with Gasteiger partial charge < -0.3 is 25.4 Å². The van der Waals surface area contributed by atoms with E-state index < -0.39 is 29.0 Å². The zero-order chi connectivity index (χ0) is 33.5. The number of hydrogen-bond acceptors (Lipinski definition) is 10. The van der Waals surface area contributed by atoms with Crippen molar-refractivity contribution in [1.29, 1.82) is 0 Å². The first-order valence-electron chi connectivity index (χ1n) is 15.0. The molecule has 4 rings (SSSR count). The topological polar surface area (TPSA) is 175 Å². The minimum atomic E-state index is -1.52. The molecule has 0 bridgehead atoms. The number of hydrazine groups is 1. The Labute approximate surface area is 272 Å². The zero-order valence-electron chi connectivity index (χ0n) is 26.7. The molecule has 0 radical (unpaired) electrons. The lowest BCUT2D eigenvalue weighted by Crippen LogP contribution is -2.61. The number of pyridine rings is 1. The van der Waals surface area contributed by atoms with Crippen LogP contribution in [0.3, 0.4) is 0 Å². The Bertz CT molecular complexity index is 1560. The number of rotatable bonds is 10. The van der Waals surface area contributed by atoms with Crippen molar-refractivity contribution in [2.75, 3.05) is 25.0 Å². The lowest BCUT2D eigenvalue weighted by molar-refractivity contribution is -0.127. The summed E-state index contributed by atoms with van der Waals surface area (Å²) in [6, 6.07) is 11.8. The Morgan fingerprint density at radius 3 is 2.46 bits per heavy atom. The molecule has 1 saturated heterocycles. The molecule has 2 aromatic heterocycles. The quantitative estimate of drug-likeness (QED) is 0.206. The standard InChI is InChI=1S/C32H41N7O6S/c1-20-19-46-27(34-20)24-12-9-14-39(24)28(42)22-16-23(35-25(17-22)33-13-15-40)26(41)37-38-29(43)32(5,18-21-10-7-6-8-11-21)36-30(44)45-31(2,3)4/h6-8,10-11,16-17,19,24,40H,9,12-15,18H2,1-5H3,(H,33,35)(H,36,44)(H,37,41)(H,38,43)/t24-,32?/m1/s1. The van der Waals surface area contributed by atoms with Gasteiger partial charge in [0.05, 0.1) is 12.6 Å². The van der Waals surface area contributed by atoms with Crippen LogP contribution >= 0.6 is 11.3 Å². The highest BCUT2D eigenvalue weighted by Gasteiger charge is 2.37. The fourth-order valence-electron chi connectivity index (χ4n) is 5.03. The van der Waals surface area contributed by atoms with E-state index in [0.29, 0.717) is 6.54 Å². The van der Waals surface area contributed by atoms with Gasteiger partial charge in [0.1, 0.15) is 27.7 Å². The van der Waals surface area contributed by atoms with Crippen molar-refractivity contribution in [3.05, 3.63) is 75.4 Å². The normalized spacial score (nSPS) is 15.9. The number of thiazole rings is 1. The summed E-state index contributed by atoms with van der Waals surface area (Å²) in [5.74, 6) is -1.58. The number of aliphatic hydroxyl groups is 1. The van der Waals surface area contributed by atoms with Crippen molar-refractivity contribution in [1.82, 2.24) is 31.0 Å². The van der Waals surface area contributed by atoms with E-state index in [1.54, 1.807) is 25.7 Å². The minimum Gasteiger partial charge on any atom is -0.444 e. The van der Waals surface area contributed by atoms with Crippen LogP contribution in [-0.4, -0.2) is 74.6 Å². The molecule has 14 heteroatoms. The summed E-state index contributed by atoms with van der Waals surface area (Å²) in [7, 11) is 0. The summed E-state index contributed by atoms with van der Waals surface area (Å²) in [5, 5.41) is 17.7. The summed E-state index contributed by atoms with van der Waals surface area (Å²) >= 11 is 1.51. The van der Waals surface area contributed by atoms with Crippen molar-refractivity contribution in [2.24, 2.45) is 0 Å². The molecule has 13 nitrogen and oxygen atoms in total. The predicted octanol–water partition coefficient (Wildman–Crippen LogP) is 3.52. The van der Waals surface area contributed by atoms with E-state index in [2.05, 4.69) is 31.5 Å². The Kier molecular flexibility index (Phi) is 11.0. The van der Waals surface area contributed by atoms with Crippen molar-refractivity contribution in [3.8, 4) is 0 Å². The van der Waals surface area contributed by atoms with E-state index in [1.807, 2.05) is 42.6 Å². The van der Waals surface area contributed by atoms with Gasteiger partial charge in [0, 0.05) is 36.1 Å². The van der Waals surface area contributed by atoms with Gasteiger partial charge in [-0.25, -0.2) is 14.8 Å². The number of anilines is 1. The van der Waals surface area contributed by atoms with Crippen LogP contribution in [0.15, 0.2) is 47.8 Å². The van der Waals surface area contributed by atoms with E-state index in [0.717, 1.165) is 29.1 Å². The molecule has 4 amide bonds. The Balaban J connectivity index is 1.54. The SMILES string of the molecule is Cc1csc([C@H]2CCCN2C(=O)c2cc(NCCO)nc(C(=O)NNC(=O)C(C)(Cc3ccccc3)NC(=O)OC(C)(C)C)c2)n1. The number of amides is 4. The molecule has 5 N–H and O–H groups in total. The number of aromatic nitrogens is 2. The summed E-state index contributed by atoms with van der Waals surface area (Å²) in [6.07, 6.45) is 0.890. The van der Waals surface area contributed by atoms with Gasteiger partial charge in [-0.3, -0.25) is 25.2 Å². The summed E-state index contributed by atoms with van der Waals surface area (Å²) in [4.78, 5) is 63.9. The first-order chi connectivity index (χ1) is 21.8. The number of aliphatic hydroxyl groups excluding tert-OH is 1. The van der Waals surface area contributed by atoms with Gasteiger partial charge in [0.15, 0.2) is 0 Å². The third-order valence-electron chi connectivity index (χ3n) is 7.13. The van der Waals surface area contributed by atoms with E-state index >= 15 is 0 Å². The number of nitrogens with one attached hydrogen (secondary N) is 4.